The molecule has 0 unspecified atom stereocenters. The Labute approximate surface area is 121 Å². The van der Waals surface area contributed by atoms with Crippen LogP contribution in [0.5, 0.6) is 0 Å². The smallest absolute Gasteiger partial charge is 0.189 e. The number of nitrogen functional groups attached to an aromatic ring is 1. The van der Waals surface area contributed by atoms with Crippen LogP contribution in [0.4, 0.5) is 14.5 Å². The molecule has 0 aliphatic rings. The van der Waals surface area contributed by atoms with Crippen LogP contribution in [0, 0.1) is 11.6 Å². The number of sulfone groups is 1. The second kappa shape index (κ2) is 5.18. The first-order valence-electron chi connectivity index (χ1n) is 5.00. The average molecular weight is 368 g/mol. The van der Waals surface area contributed by atoms with Gasteiger partial charge in [-0.1, -0.05) is 0 Å². The van der Waals surface area contributed by atoms with Crippen molar-refractivity contribution in [2.75, 3.05) is 5.73 Å². The minimum Gasteiger partial charge on any atom is -0.399 e. The molecule has 0 spiro atoms. The van der Waals surface area contributed by atoms with Gasteiger partial charge in [-0.2, -0.15) is 0 Å². The van der Waals surface area contributed by atoms with E-state index in [4.69, 9.17) is 5.73 Å². The third-order valence-electron chi connectivity index (χ3n) is 2.34. The van der Waals surface area contributed by atoms with E-state index in [2.05, 4.69) is 15.9 Å². The van der Waals surface area contributed by atoms with E-state index in [0.29, 0.717) is 9.35 Å². The van der Waals surface area contributed by atoms with E-state index in [9.17, 15) is 17.2 Å². The molecule has 102 valence electrons. The zero-order valence-corrected chi connectivity index (χ0v) is 12.6. The van der Waals surface area contributed by atoms with Crippen molar-refractivity contribution in [2.24, 2.45) is 0 Å². The fourth-order valence-corrected chi connectivity index (χ4v) is 5.11. The molecule has 2 N–H and O–H groups in total. The Hall–Kier alpha value is -0.990. The summed E-state index contributed by atoms with van der Waals surface area (Å²) in [5.74, 6) is -2.82. The molecular weight excluding hydrogens is 360 g/mol. The van der Waals surface area contributed by atoms with Crippen molar-refractivity contribution >= 4 is 42.8 Å². The van der Waals surface area contributed by atoms with Crippen LogP contribution in [-0.2, 0) is 15.6 Å². The lowest BCUT2D eigenvalue weighted by molar-refractivity contribution is 0.520. The van der Waals surface area contributed by atoms with Gasteiger partial charge in [-0.3, -0.25) is 0 Å². The van der Waals surface area contributed by atoms with Crippen molar-refractivity contribution in [2.45, 2.75) is 10.6 Å². The van der Waals surface area contributed by atoms with Crippen molar-refractivity contribution in [3.8, 4) is 0 Å². The molecular formula is C11H8BrF2NO2S2. The monoisotopic (exact) mass is 367 g/mol. The Bertz CT molecular complexity index is 705. The minimum atomic E-state index is -4.11. The Morgan fingerprint density at radius 3 is 2.32 bits per heavy atom. The molecule has 2 rings (SSSR count). The fraction of sp³-hybridized carbons (Fsp3) is 0.0909. The largest absolute Gasteiger partial charge is 0.399 e. The minimum absolute atomic E-state index is 0.161. The maximum Gasteiger partial charge on any atom is 0.189 e. The molecule has 8 heteroatoms. The topological polar surface area (TPSA) is 60.2 Å². The molecule has 1 heterocycles. The third-order valence-corrected chi connectivity index (χ3v) is 6.13. The SMILES string of the molecule is Nc1cc(F)c(S(=O)(=O)Cc2sccc2Br)c(F)c1. The highest BCUT2D eigenvalue weighted by molar-refractivity contribution is 9.10. The lowest BCUT2D eigenvalue weighted by atomic mass is 10.3. The van der Waals surface area contributed by atoms with Gasteiger partial charge in [0.05, 0.1) is 5.75 Å². The molecule has 0 bridgehead atoms. The van der Waals surface area contributed by atoms with Gasteiger partial charge in [0.2, 0.25) is 0 Å². The van der Waals surface area contributed by atoms with Gasteiger partial charge in [-0.05, 0) is 39.5 Å². The maximum atomic E-state index is 13.6. The molecule has 0 saturated heterocycles. The highest BCUT2D eigenvalue weighted by Crippen LogP contribution is 2.30. The Balaban J connectivity index is 2.49. The Morgan fingerprint density at radius 2 is 1.84 bits per heavy atom. The molecule has 0 fully saturated rings. The van der Waals surface area contributed by atoms with E-state index in [1.54, 1.807) is 11.4 Å². The zero-order chi connectivity index (χ0) is 14.2. The van der Waals surface area contributed by atoms with Crippen LogP contribution < -0.4 is 5.73 Å². The Morgan fingerprint density at radius 1 is 1.26 bits per heavy atom. The van der Waals surface area contributed by atoms with E-state index in [1.165, 1.54) is 11.3 Å². The van der Waals surface area contributed by atoms with Gasteiger partial charge in [-0.15, -0.1) is 11.3 Å². The number of anilines is 1. The number of rotatable bonds is 3. The number of hydrogen-bond acceptors (Lipinski definition) is 4. The summed E-state index contributed by atoms with van der Waals surface area (Å²) in [5, 5.41) is 1.69. The van der Waals surface area contributed by atoms with Gasteiger partial charge in [0, 0.05) is 15.0 Å². The first-order valence-corrected chi connectivity index (χ1v) is 8.33. The molecule has 2 aromatic rings. The normalized spacial score (nSPS) is 11.7. The molecule has 0 aliphatic carbocycles. The Kier molecular flexibility index (Phi) is 3.93. The van der Waals surface area contributed by atoms with E-state index >= 15 is 0 Å². The zero-order valence-electron chi connectivity index (χ0n) is 9.36. The van der Waals surface area contributed by atoms with Crippen molar-refractivity contribution < 1.29 is 17.2 Å². The van der Waals surface area contributed by atoms with Crippen molar-refractivity contribution in [3.05, 3.63) is 44.6 Å². The van der Waals surface area contributed by atoms with Gasteiger partial charge in [0.15, 0.2) is 9.84 Å². The van der Waals surface area contributed by atoms with Crippen LogP contribution in [0.15, 0.2) is 32.9 Å². The fourth-order valence-electron chi connectivity index (χ4n) is 1.55. The van der Waals surface area contributed by atoms with E-state index < -0.39 is 32.1 Å². The maximum absolute atomic E-state index is 13.6. The standard InChI is InChI=1S/C11H8BrF2NO2S2/c12-7-1-2-18-10(7)5-19(16,17)11-8(13)3-6(15)4-9(11)14/h1-4H,5,15H2. The summed E-state index contributed by atoms with van der Waals surface area (Å²) in [6.45, 7) is 0. The van der Waals surface area contributed by atoms with Crippen molar-refractivity contribution in [1.29, 1.82) is 0 Å². The van der Waals surface area contributed by atoms with Crippen LogP contribution in [-0.4, -0.2) is 8.42 Å². The summed E-state index contributed by atoms with van der Waals surface area (Å²) in [6, 6.07) is 3.25. The predicted molar refractivity (Wildman–Crippen MR) is 73.7 cm³/mol. The molecule has 0 radical (unpaired) electrons. The van der Waals surface area contributed by atoms with E-state index in [0.717, 1.165) is 12.1 Å². The summed E-state index contributed by atoms with van der Waals surface area (Å²) in [5.41, 5.74) is 5.09. The lowest BCUT2D eigenvalue weighted by Crippen LogP contribution is -2.10. The molecule has 1 aromatic heterocycles. The first kappa shape index (κ1) is 14.4. The summed E-state index contributed by atoms with van der Waals surface area (Å²) in [7, 11) is -4.11. The van der Waals surface area contributed by atoms with Gasteiger partial charge in [-0.25, -0.2) is 17.2 Å². The average Bonchev–Trinajstić information content (AvgIpc) is 2.61. The van der Waals surface area contributed by atoms with Crippen LogP contribution in [0.1, 0.15) is 4.88 Å². The second-order valence-electron chi connectivity index (χ2n) is 3.76. The van der Waals surface area contributed by atoms with Crippen LogP contribution in [0.3, 0.4) is 0 Å². The second-order valence-corrected chi connectivity index (χ2v) is 7.55. The van der Waals surface area contributed by atoms with Crippen LogP contribution in [0.25, 0.3) is 0 Å². The summed E-state index contributed by atoms with van der Waals surface area (Å²) >= 11 is 4.37. The highest BCUT2D eigenvalue weighted by atomic mass is 79.9. The van der Waals surface area contributed by atoms with Crippen molar-refractivity contribution in [1.82, 2.24) is 0 Å². The summed E-state index contributed by atoms with van der Waals surface area (Å²) in [4.78, 5) is -0.461. The quantitative estimate of drug-likeness (QED) is 0.846. The van der Waals surface area contributed by atoms with Crippen molar-refractivity contribution in [3.63, 3.8) is 0 Å². The van der Waals surface area contributed by atoms with Crippen LogP contribution in [0.2, 0.25) is 0 Å². The molecule has 0 atom stereocenters. The van der Waals surface area contributed by atoms with Gasteiger partial charge in [0.25, 0.3) is 0 Å². The van der Waals surface area contributed by atoms with Gasteiger partial charge in [0.1, 0.15) is 16.5 Å². The molecule has 3 nitrogen and oxygen atoms in total. The van der Waals surface area contributed by atoms with Gasteiger partial charge >= 0.3 is 0 Å². The van der Waals surface area contributed by atoms with E-state index in [-0.39, 0.29) is 5.69 Å². The molecule has 1 aromatic carbocycles. The van der Waals surface area contributed by atoms with E-state index in [1.807, 2.05) is 0 Å². The molecule has 0 saturated carbocycles. The third kappa shape index (κ3) is 2.96. The first-order chi connectivity index (χ1) is 8.81. The number of nitrogens with two attached hydrogens (primary N) is 1. The predicted octanol–water partition coefficient (Wildman–Crippen LogP) is 3.34. The number of hydrogen-bond donors (Lipinski definition) is 1. The number of thiophene rings is 1. The summed E-state index contributed by atoms with van der Waals surface area (Å²) in [6.07, 6.45) is 0. The summed E-state index contributed by atoms with van der Waals surface area (Å²) < 4.78 is 52.0. The van der Waals surface area contributed by atoms with Crippen LogP contribution >= 0.6 is 27.3 Å². The number of halogens is 3. The molecule has 0 aliphatic heterocycles. The highest BCUT2D eigenvalue weighted by Gasteiger charge is 2.26. The molecule has 0 amide bonds. The molecule has 19 heavy (non-hydrogen) atoms. The van der Waals surface area contributed by atoms with Gasteiger partial charge < -0.3 is 5.73 Å². The lowest BCUT2D eigenvalue weighted by Gasteiger charge is -2.07. The number of benzene rings is 1.